The summed E-state index contributed by atoms with van der Waals surface area (Å²) in [5.41, 5.74) is 6.40. The van der Waals surface area contributed by atoms with Gasteiger partial charge in [-0.3, -0.25) is 0 Å². The number of thiazole rings is 1. The highest BCUT2D eigenvalue weighted by molar-refractivity contribution is 7.19. The minimum atomic E-state index is 0.415. The van der Waals surface area contributed by atoms with Gasteiger partial charge >= 0.3 is 0 Å². The van der Waals surface area contributed by atoms with E-state index >= 15 is 0 Å². The lowest BCUT2D eigenvalue weighted by molar-refractivity contribution is 0.855. The quantitative estimate of drug-likeness (QED) is 0.751. The number of fused-ring (bicyclic) bond motifs is 1. The van der Waals surface area contributed by atoms with Crippen LogP contribution >= 0.6 is 11.3 Å². The molecule has 0 atom stereocenters. The van der Waals surface area contributed by atoms with Gasteiger partial charge in [-0.2, -0.15) is 0 Å². The van der Waals surface area contributed by atoms with Crippen LogP contribution in [0.15, 0.2) is 6.33 Å². The molecule has 0 unspecified atom stereocenters. The predicted molar refractivity (Wildman–Crippen MR) is 53.7 cm³/mol. The van der Waals surface area contributed by atoms with Crippen LogP contribution in [-0.4, -0.2) is 15.0 Å². The maximum Gasteiger partial charge on any atom is 0.175 e. The Bertz CT molecular complexity index is 435. The fourth-order valence-electron chi connectivity index (χ4n) is 1.03. The fraction of sp³-hybridized carbons (Fsp3) is 0.375. The van der Waals surface area contributed by atoms with Gasteiger partial charge in [0.1, 0.15) is 16.8 Å². The molecule has 5 heteroatoms. The fourth-order valence-corrected chi connectivity index (χ4v) is 1.96. The summed E-state index contributed by atoms with van der Waals surface area (Å²) in [6.07, 6.45) is 1.45. The van der Waals surface area contributed by atoms with Gasteiger partial charge in [0.15, 0.2) is 5.65 Å². The lowest BCUT2D eigenvalue weighted by Crippen LogP contribution is -1.90. The summed E-state index contributed by atoms with van der Waals surface area (Å²) in [7, 11) is 0. The predicted octanol–water partition coefficient (Wildman–Crippen LogP) is 1.79. The minimum Gasteiger partial charge on any atom is -0.382 e. The molecule has 0 aliphatic heterocycles. The Morgan fingerprint density at radius 3 is 2.77 bits per heavy atom. The van der Waals surface area contributed by atoms with Gasteiger partial charge in [0.2, 0.25) is 0 Å². The maximum absolute atomic E-state index is 5.69. The molecule has 68 valence electrons. The number of hydrogen-bond acceptors (Lipinski definition) is 5. The summed E-state index contributed by atoms with van der Waals surface area (Å²) in [5.74, 6) is 0.938. The molecule has 13 heavy (non-hydrogen) atoms. The van der Waals surface area contributed by atoms with Crippen LogP contribution in [0.5, 0.6) is 0 Å². The van der Waals surface area contributed by atoms with E-state index in [1.54, 1.807) is 11.3 Å². The summed E-state index contributed by atoms with van der Waals surface area (Å²) in [4.78, 5) is 12.3. The van der Waals surface area contributed by atoms with Crippen molar-refractivity contribution in [1.29, 1.82) is 0 Å². The molecule has 0 spiro atoms. The van der Waals surface area contributed by atoms with Crippen molar-refractivity contribution >= 4 is 27.5 Å². The number of rotatable bonds is 1. The van der Waals surface area contributed by atoms with E-state index in [4.69, 9.17) is 5.73 Å². The van der Waals surface area contributed by atoms with Crippen molar-refractivity contribution in [2.24, 2.45) is 0 Å². The van der Waals surface area contributed by atoms with Gasteiger partial charge in [-0.25, -0.2) is 15.0 Å². The van der Waals surface area contributed by atoms with Crippen LogP contribution in [0.25, 0.3) is 10.3 Å². The molecule has 2 aromatic rings. The second-order valence-corrected chi connectivity index (χ2v) is 4.15. The third kappa shape index (κ3) is 1.35. The Morgan fingerprint density at radius 2 is 2.15 bits per heavy atom. The Balaban J connectivity index is 2.68. The molecule has 0 bridgehead atoms. The molecule has 0 saturated carbocycles. The van der Waals surface area contributed by atoms with E-state index in [0.29, 0.717) is 17.4 Å². The van der Waals surface area contributed by atoms with Gasteiger partial charge in [0.05, 0.1) is 5.01 Å². The van der Waals surface area contributed by atoms with Crippen LogP contribution in [0.3, 0.4) is 0 Å². The number of nitrogens with zero attached hydrogens (tertiary/aromatic N) is 3. The van der Waals surface area contributed by atoms with Gasteiger partial charge < -0.3 is 5.73 Å². The van der Waals surface area contributed by atoms with Crippen molar-refractivity contribution in [3.63, 3.8) is 0 Å². The van der Waals surface area contributed by atoms with Crippen molar-refractivity contribution in [3.8, 4) is 0 Å². The summed E-state index contributed by atoms with van der Waals surface area (Å²) in [6, 6.07) is 0. The molecule has 0 saturated heterocycles. The number of hydrogen-bond donors (Lipinski definition) is 1. The van der Waals surface area contributed by atoms with Crippen molar-refractivity contribution in [2.45, 2.75) is 19.8 Å². The second-order valence-electron chi connectivity index (χ2n) is 3.12. The third-order valence-electron chi connectivity index (χ3n) is 1.73. The van der Waals surface area contributed by atoms with Crippen molar-refractivity contribution in [1.82, 2.24) is 15.0 Å². The lowest BCUT2D eigenvalue weighted by Gasteiger charge is -1.94. The molecule has 4 nitrogen and oxygen atoms in total. The van der Waals surface area contributed by atoms with E-state index in [1.807, 2.05) is 0 Å². The summed E-state index contributed by atoms with van der Waals surface area (Å²) >= 11 is 1.57. The summed E-state index contributed by atoms with van der Waals surface area (Å²) in [5, 5.41) is 1.06. The van der Waals surface area contributed by atoms with Crippen molar-refractivity contribution in [3.05, 3.63) is 11.3 Å². The Morgan fingerprint density at radius 1 is 1.38 bits per heavy atom. The van der Waals surface area contributed by atoms with Gasteiger partial charge in [-0.15, -0.1) is 11.3 Å². The van der Waals surface area contributed by atoms with Gasteiger partial charge in [-0.1, -0.05) is 13.8 Å². The maximum atomic E-state index is 5.69. The van der Waals surface area contributed by atoms with Crippen LogP contribution in [0, 0.1) is 0 Å². The zero-order valence-corrected chi connectivity index (χ0v) is 8.30. The minimum absolute atomic E-state index is 0.415. The number of nitrogens with two attached hydrogens (primary N) is 1. The molecule has 0 fully saturated rings. The van der Waals surface area contributed by atoms with E-state index < -0.39 is 0 Å². The highest BCUT2D eigenvalue weighted by Crippen LogP contribution is 2.28. The van der Waals surface area contributed by atoms with E-state index in [-0.39, 0.29) is 0 Å². The van der Waals surface area contributed by atoms with Crippen LogP contribution in [0.4, 0.5) is 5.82 Å². The highest BCUT2D eigenvalue weighted by Gasteiger charge is 2.10. The topological polar surface area (TPSA) is 64.7 Å². The molecule has 0 amide bonds. The molecule has 0 aliphatic rings. The van der Waals surface area contributed by atoms with Crippen LogP contribution in [0.1, 0.15) is 24.8 Å². The Labute approximate surface area is 79.8 Å². The first-order valence-corrected chi connectivity index (χ1v) is 4.87. The summed E-state index contributed by atoms with van der Waals surface area (Å²) in [6.45, 7) is 4.20. The smallest absolute Gasteiger partial charge is 0.175 e. The number of aromatic nitrogens is 3. The zero-order valence-electron chi connectivity index (χ0n) is 7.48. The summed E-state index contributed by atoms with van der Waals surface area (Å²) < 4.78 is 0.895. The van der Waals surface area contributed by atoms with E-state index in [1.165, 1.54) is 6.33 Å². The Hall–Kier alpha value is -1.23. The first-order chi connectivity index (χ1) is 6.18. The Kier molecular flexibility index (Phi) is 1.88. The second kappa shape index (κ2) is 2.92. The molecule has 0 aliphatic carbocycles. The molecule has 2 N–H and O–H groups in total. The first kappa shape index (κ1) is 8.37. The molecule has 2 heterocycles. The van der Waals surface area contributed by atoms with E-state index in [0.717, 1.165) is 9.71 Å². The first-order valence-electron chi connectivity index (χ1n) is 4.05. The number of nitrogen functional groups attached to an aromatic ring is 1. The van der Waals surface area contributed by atoms with Gasteiger partial charge in [0.25, 0.3) is 0 Å². The normalized spacial score (nSPS) is 11.3. The van der Waals surface area contributed by atoms with E-state index in [9.17, 15) is 0 Å². The number of anilines is 1. The molecule has 0 aromatic carbocycles. The van der Waals surface area contributed by atoms with Crippen LogP contribution in [-0.2, 0) is 0 Å². The highest BCUT2D eigenvalue weighted by atomic mass is 32.1. The molecular formula is C8H10N4S. The van der Waals surface area contributed by atoms with E-state index in [2.05, 4.69) is 28.8 Å². The third-order valence-corrected chi connectivity index (χ3v) is 3.10. The van der Waals surface area contributed by atoms with Gasteiger partial charge in [0, 0.05) is 5.92 Å². The lowest BCUT2D eigenvalue weighted by atomic mass is 10.2. The largest absolute Gasteiger partial charge is 0.382 e. The molecule has 2 rings (SSSR count). The van der Waals surface area contributed by atoms with Crippen LogP contribution < -0.4 is 5.73 Å². The van der Waals surface area contributed by atoms with Crippen molar-refractivity contribution in [2.75, 3.05) is 5.73 Å². The van der Waals surface area contributed by atoms with Crippen molar-refractivity contribution < 1.29 is 0 Å². The zero-order chi connectivity index (χ0) is 9.42. The molecule has 2 aromatic heterocycles. The SMILES string of the molecule is CC(C)c1nc2ncnc(N)c2s1. The average molecular weight is 194 g/mol. The molecular weight excluding hydrogens is 184 g/mol. The molecule has 0 radical (unpaired) electrons. The van der Waals surface area contributed by atoms with Gasteiger partial charge in [-0.05, 0) is 0 Å². The van der Waals surface area contributed by atoms with Crippen LogP contribution in [0.2, 0.25) is 0 Å². The average Bonchev–Trinajstić information content (AvgIpc) is 2.49. The monoisotopic (exact) mass is 194 g/mol. The standard InChI is InChI=1S/C8H10N4S/c1-4(2)8-12-7-5(13-8)6(9)10-3-11-7/h3-4H,1-2H3,(H2,9,10,11).